The van der Waals surface area contributed by atoms with Gasteiger partial charge in [0.1, 0.15) is 11.0 Å². The second kappa shape index (κ2) is 20.6. The summed E-state index contributed by atoms with van der Waals surface area (Å²) in [6.07, 6.45) is 7.99. The number of rotatable bonds is 7. The Bertz CT molecular complexity index is 6360. The van der Waals surface area contributed by atoms with Crippen molar-refractivity contribution in [3.8, 4) is 72.4 Å². The van der Waals surface area contributed by atoms with Crippen molar-refractivity contribution in [3.63, 3.8) is 0 Å². The third-order valence-electron chi connectivity index (χ3n) is 23.0. The Kier molecular flexibility index (Phi) is 11.4. The highest BCUT2D eigenvalue weighted by Gasteiger charge is 2.56. The molecule has 4 nitrogen and oxygen atoms in total. The molecule has 0 saturated carbocycles. The standard InChI is InChI=1S/C94H58N4S/c1-2-19-66-59(18-1)36-37-60-42-49-65(56-78(60)66)98-87-34-16-9-26-77(87)90-75(27-17-35-88(90)98)76-52-53-89(92-91(76)95-99-96-92)97(63-45-38-57(39-46-63)61-43-50-73-71-24-7-14-32-83(71)93(85(73)54-61)79-28-10-3-20-67(79)68-21-4-11-29-80(68)93)64-47-40-58(41-48-64)62-44-51-74-72-25-8-15-33-84(72)94(86(74)55-62)81-30-12-5-22-69(81)70-23-6-13-31-82(70)94/h1-30,32-56,82H,31H2. The lowest BCUT2D eigenvalue weighted by atomic mass is 9.65. The van der Waals surface area contributed by atoms with Gasteiger partial charge in [0, 0.05) is 39.3 Å². The van der Waals surface area contributed by atoms with E-state index in [1.807, 2.05) is 0 Å². The van der Waals surface area contributed by atoms with E-state index in [1.54, 1.807) is 0 Å². The van der Waals surface area contributed by atoms with E-state index in [4.69, 9.17) is 8.75 Å². The first-order chi connectivity index (χ1) is 49.1. The first kappa shape index (κ1) is 54.9. The highest BCUT2D eigenvalue weighted by Crippen LogP contribution is 2.67. The maximum absolute atomic E-state index is 5.28. The van der Waals surface area contributed by atoms with Gasteiger partial charge in [0.25, 0.3) is 0 Å². The number of hydrogen-bond donors (Lipinski definition) is 0. The number of aromatic nitrogens is 3. The first-order valence-corrected chi connectivity index (χ1v) is 35.2. The van der Waals surface area contributed by atoms with Crippen LogP contribution in [0.3, 0.4) is 0 Å². The monoisotopic (exact) mass is 1270 g/mol. The van der Waals surface area contributed by atoms with Crippen LogP contribution in [-0.4, -0.2) is 13.3 Å². The van der Waals surface area contributed by atoms with E-state index in [2.05, 4.69) is 343 Å². The van der Waals surface area contributed by atoms with Gasteiger partial charge in [0.05, 0.1) is 39.3 Å². The normalized spacial score (nSPS) is 16.1. The summed E-state index contributed by atoms with van der Waals surface area (Å²) >= 11 is 1.28. The van der Waals surface area contributed by atoms with Crippen molar-refractivity contribution in [2.24, 2.45) is 5.92 Å². The lowest BCUT2D eigenvalue weighted by molar-refractivity contribution is 0.495. The molecular formula is C94H58N4S. The fourth-order valence-corrected chi connectivity index (χ4v) is 19.5. The van der Waals surface area contributed by atoms with Crippen LogP contribution < -0.4 is 4.90 Å². The van der Waals surface area contributed by atoms with Crippen molar-refractivity contribution in [1.29, 1.82) is 0 Å². The smallest absolute Gasteiger partial charge is 0.129 e. The quantitative estimate of drug-likeness (QED) is 0.149. The zero-order valence-electron chi connectivity index (χ0n) is 53.7. The second-order valence-corrected chi connectivity index (χ2v) is 27.9. The maximum atomic E-state index is 5.28. The summed E-state index contributed by atoms with van der Waals surface area (Å²) in [4.78, 5) is 2.39. The molecule has 0 radical (unpaired) electrons. The Morgan fingerprint density at radius 3 is 1.54 bits per heavy atom. The number of allylic oxidation sites excluding steroid dienone is 4. The molecule has 0 N–H and O–H groups in total. The molecule has 2 atom stereocenters. The van der Waals surface area contributed by atoms with Crippen LogP contribution in [0.5, 0.6) is 0 Å². The molecule has 0 saturated heterocycles. The molecule has 2 unspecified atom stereocenters. The Morgan fingerprint density at radius 2 is 0.848 bits per heavy atom. The average molecular weight is 1280 g/mol. The molecule has 460 valence electrons. The van der Waals surface area contributed by atoms with E-state index in [0.717, 1.165) is 73.5 Å². The van der Waals surface area contributed by atoms with Crippen molar-refractivity contribution in [2.75, 3.05) is 4.90 Å². The summed E-state index contributed by atoms with van der Waals surface area (Å²) in [7, 11) is 0. The lowest BCUT2D eigenvalue weighted by Gasteiger charge is -2.36. The molecule has 0 aliphatic heterocycles. The van der Waals surface area contributed by atoms with Gasteiger partial charge in [-0.2, -0.15) is 8.75 Å². The van der Waals surface area contributed by atoms with Crippen molar-refractivity contribution in [1.82, 2.24) is 13.3 Å². The highest BCUT2D eigenvalue weighted by molar-refractivity contribution is 7.00. The van der Waals surface area contributed by atoms with Gasteiger partial charge in [-0.05, 0) is 212 Å². The number of benzene rings is 15. The molecule has 17 aromatic rings. The first-order valence-electron chi connectivity index (χ1n) is 34.5. The summed E-state index contributed by atoms with van der Waals surface area (Å²) in [6.45, 7) is 0. The third-order valence-corrected chi connectivity index (χ3v) is 23.5. The predicted molar refractivity (Wildman–Crippen MR) is 411 cm³/mol. The Hall–Kier alpha value is -12.3. The van der Waals surface area contributed by atoms with Gasteiger partial charge in [-0.15, -0.1) is 0 Å². The highest BCUT2D eigenvalue weighted by atomic mass is 32.1. The summed E-state index contributed by atoms with van der Waals surface area (Å²) in [5.41, 5.74) is 34.5. The molecule has 22 rings (SSSR count). The topological polar surface area (TPSA) is 34.0 Å². The van der Waals surface area contributed by atoms with Crippen LogP contribution in [0.15, 0.2) is 334 Å². The number of anilines is 3. The SMILES string of the molecule is C1=CCC2C(=C1)c1ccccc1C21c2ccccc2-c2ccc(-c3ccc(N(c4ccc(-c5ccc6c(c5)C5(c7ccccc7-c7ccccc75)c5ccccc5-6)cc4)c4ccc(-c5cccc6c5c5ccccc5n6-c5ccc6ccc7ccccc7c6c5)c5nsnc45)cc3)cc21. The maximum Gasteiger partial charge on any atom is 0.129 e. The molecule has 5 aliphatic rings. The molecule has 15 aromatic carbocycles. The van der Waals surface area contributed by atoms with E-state index in [9.17, 15) is 0 Å². The lowest BCUT2D eigenvalue weighted by Crippen LogP contribution is -2.32. The Balaban J connectivity index is 0.693. The predicted octanol–water partition coefficient (Wildman–Crippen LogP) is 24.2. The van der Waals surface area contributed by atoms with E-state index in [1.165, 1.54) is 139 Å². The fraction of sp³-hybridized carbons (Fsp3) is 0.0426. The Morgan fingerprint density at radius 1 is 0.354 bits per heavy atom. The van der Waals surface area contributed by atoms with Gasteiger partial charge < -0.3 is 9.47 Å². The molecule has 0 amide bonds. The van der Waals surface area contributed by atoms with E-state index in [-0.39, 0.29) is 5.41 Å². The van der Waals surface area contributed by atoms with Crippen LogP contribution in [0.1, 0.15) is 50.9 Å². The molecule has 2 spiro atoms. The minimum Gasteiger partial charge on any atom is -0.309 e. The van der Waals surface area contributed by atoms with Crippen LogP contribution in [0.25, 0.3) is 132 Å². The van der Waals surface area contributed by atoms with Crippen molar-refractivity contribution >= 4 is 88.7 Å². The second-order valence-electron chi connectivity index (χ2n) is 27.4. The molecule has 2 heterocycles. The minimum absolute atomic E-state index is 0.298. The zero-order chi connectivity index (χ0) is 64.7. The molecule has 2 aromatic heterocycles. The van der Waals surface area contributed by atoms with Gasteiger partial charge in [-0.3, -0.25) is 0 Å². The van der Waals surface area contributed by atoms with Gasteiger partial charge in [-0.25, -0.2) is 0 Å². The van der Waals surface area contributed by atoms with E-state index >= 15 is 0 Å². The van der Waals surface area contributed by atoms with Crippen molar-refractivity contribution < 1.29 is 0 Å². The molecule has 0 bridgehead atoms. The number of nitrogens with zero attached hydrogens (tertiary/aromatic N) is 4. The summed E-state index contributed by atoms with van der Waals surface area (Å²) < 4.78 is 13.0. The van der Waals surface area contributed by atoms with E-state index in [0.29, 0.717) is 5.92 Å². The summed E-state index contributed by atoms with van der Waals surface area (Å²) in [5.74, 6) is 0.298. The average Bonchev–Trinajstić information content (AvgIpc) is 1.52. The van der Waals surface area contributed by atoms with Gasteiger partial charge >= 0.3 is 0 Å². The summed E-state index contributed by atoms with van der Waals surface area (Å²) in [5, 5.41) is 7.33. The van der Waals surface area contributed by atoms with Crippen molar-refractivity contribution in [2.45, 2.75) is 17.3 Å². The van der Waals surface area contributed by atoms with Crippen LogP contribution in [0.4, 0.5) is 17.1 Å². The zero-order valence-corrected chi connectivity index (χ0v) is 54.6. The Labute approximate surface area is 577 Å². The number of fused-ring (bicyclic) bond motifs is 27. The molecular weight excluding hydrogens is 1220 g/mol. The third kappa shape index (κ3) is 7.41. The minimum atomic E-state index is -0.436. The van der Waals surface area contributed by atoms with Crippen LogP contribution in [-0.2, 0) is 10.8 Å². The van der Waals surface area contributed by atoms with Gasteiger partial charge in [0.2, 0.25) is 0 Å². The van der Waals surface area contributed by atoms with Crippen molar-refractivity contribution in [3.05, 3.63) is 378 Å². The van der Waals surface area contributed by atoms with E-state index < -0.39 is 5.41 Å². The number of hydrogen-bond acceptors (Lipinski definition) is 4. The molecule has 5 aliphatic carbocycles. The van der Waals surface area contributed by atoms with Gasteiger partial charge in [-0.1, -0.05) is 261 Å². The van der Waals surface area contributed by atoms with Crippen LogP contribution in [0.2, 0.25) is 0 Å². The van der Waals surface area contributed by atoms with Crippen LogP contribution >= 0.6 is 11.7 Å². The fourth-order valence-electron chi connectivity index (χ4n) is 19.0. The van der Waals surface area contributed by atoms with Gasteiger partial charge in [0.15, 0.2) is 0 Å². The summed E-state index contributed by atoms with van der Waals surface area (Å²) in [6, 6.07) is 119. The largest absolute Gasteiger partial charge is 0.309 e. The van der Waals surface area contributed by atoms with Crippen LogP contribution in [0, 0.1) is 5.92 Å². The molecule has 0 fully saturated rings. The molecule has 99 heavy (non-hydrogen) atoms. The molecule has 5 heteroatoms. The number of para-hydroxylation sites is 1.